The Hall–Kier alpha value is -1.63. The fourth-order valence-corrected chi connectivity index (χ4v) is 2.40. The van der Waals surface area contributed by atoms with E-state index in [1.807, 2.05) is 0 Å². The SMILES string of the molecule is Cn1nc(NCC2CCC(O)CC2)c(=O)n(C)c1=O. The molecule has 1 aliphatic rings. The number of anilines is 1. The molecule has 0 radical (unpaired) electrons. The van der Waals surface area contributed by atoms with Crippen LogP contribution in [0, 0.1) is 5.92 Å². The molecule has 1 aromatic heterocycles. The highest BCUT2D eigenvalue weighted by Gasteiger charge is 2.19. The van der Waals surface area contributed by atoms with Crippen LogP contribution in [-0.2, 0) is 14.1 Å². The standard InChI is InChI=1S/C12H20N4O3/c1-15-11(18)10(14-16(2)12(15)19)13-7-8-3-5-9(17)6-4-8/h8-9,17H,3-7H2,1-2H3,(H,13,14). The molecule has 0 aromatic carbocycles. The summed E-state index contributed by atoms with van der Waals surface area (Å²) < 4.78 is 2.19. The molecular formula is C12H20N4O3. The molecule has 0 atom stereocenters. The number of hydrogen-bond donors (Lipinski definition) is 2. The first kappa shape index (κ1) is 13.8. The maximum absolute atomic E-state index is 11.9. The van der Waals surface area contributed by atoms with Crippen molar-refractivity contribution in [1.82, 2.24) is 14.3 Å². The van der Waals surface area contributed by atoms with Gasteiger partial charge in [0.15, 0.2) is 0 Å². The van der Waals surface area contributed by atoms with E-state index >= 15 is 0 Å². The lowest BCUT2D eigenvalue weighted by molar-refractivity contribution is 0.111. The quantitative estimate of drug-likeness (QED) is 0.767. The summed E-state index contributed by atoms with van der Waals surface area (Å²) in [5, 5.41) is 16.4. The maximum atomic E-state index is 11.9. The van der Waals surface area contributed by atoms with Crippen LogP contribution in [0.2, 0.25) is 0 Å². The molecule has 2 N–H and O–H groups in total. The molecule has 19 heavy (non-hydrogen) atoms. The van der Waals surface area contributed by atoms with E-state index < -0.39 is 11.2 Å². The van der Waals surface area contributed by atoms with E-state index in [-0.39, 0.29) is 11.9 Å². The molecule has 0 bridgehead atoms. The van der Waals surface area contributed by atoms with Gasteiger partial charge in [-0.1, -0.05) is 0 Å². The second kappa shape index (κ2) is 5.56. The fourth-order valence-electron chi connectivity index (χ4n) is 2.40. The molecule has 106 valence electrons. The highest BCUT2D eigenvalue weighted by Crippen LogP contribution is 2.23. The Balaban J connectivity index is 2.04. The molecule has 0 spiro atoms. The van der Waals surface area contributed by atoms with Gasteiger partial charge in [0.25, 0.3) is 5.56 Å². The van der Waals surface area contributed by atoms with Crippen LogP contribution in [0.3, 0.4) is 0 Å². The van der Waals surface area contributed by atoms with E-state index in [2.05, 4.69) is 10.4 Å². The Morgan fingerprint density at radius 2 is 1.89 bits per heavy atom. The van der Waals surface area contributed by atoms with Gasteiger partial charge in [-0.25, -0.2) is 9.48 Å². The summed E-state index contributed by atoms with van der Waals surface area (Å²) in [5.41, 5.74) is -0.838. The largest absolute Gasteiger partial charge is 0.393 e. The van der Waals surface area contributed by atoms with Gasteiger partial charge in [0.2, 0.25) is 5.82 Å². The summed E-state index contributed by atoms with van der Waals surface area (Å²) in [6.45, 7) is 0.646. The van der Waals surface area contributed by atoms with E-state index in [0.717, 1.165) is 34.9 Å². The van der Waals surface area contributed by atoms with Gasteiger partial charge < -0.3 is 10.4 Å². The third-order valence-electron chi connectivity index (χ3n) is 3.70. The third kappa shape index (κ3) is 3.04. The number of nitrogens with zero attached hydrogens (tertiary/aromatic N) is 3. The molecule has 2 rings (SSSR count). The van der Waals surface area contributed by atoms with E-state index in [4.69, 9.17) is 0 Å². The lowest BCUT2D eigenvalue weighted by Crippen LogP contribution is -2.40. The molecule has 1 fully saturated rings. The Bertz CT molecular complexity index is 555. The van der Waals surface area contributed by atoms with Crippen molar-refractivity contribution in [2.45, 2.75) is 31.8 Å². The van der Waals surface area contributed by atoms with E-state index in [1.165, 1.54) is 14.1 Å². The van der Waals surface area contributed by atoms with E-state index in [9.17, 15) is 14.7 Å². The second-order valence-electron chi connectivity index (χ2n) is 5.17. The summed E-state index contributed by atoms with van der Waals surface area (Å²) >= 11 is 0. The molecule has 0 aliphatic heterocycles. The maximum Gasteiger partial charge on any atom is 0.346 e. The molecule has 1 heterocycles. The lowest BCUT2D eigenvalue weighted by atomic mass is 9.87. The molecular weight excluding hydrogens is 248 g/mol. The molecule has 0 saturated heterocycles. The third-order valence-corrected chi connectivity index (χ3v) is 3.70. The van der Waals surface area contributed by atoms with Gasteiger partial charge in [-0.15, -0.1) is 5.10 Å². The van der Waals surface area contributed by atoms with Gasteiger partial charge in [-0.2, -0.15) is 0 Å². The predicted molar refractivity (Wildman–Crippen MR) is 71.2 cm³/mol. The lowest BCUT2D eigenvalue weighted by Gasteiger charge is -2.25. The zero-order valence-electron chi connectivity index (χ0n) is 11.3. The van der Waals surface area contributed by atoms with E-state index in [1.54, 1.807) is 0 Å². The predicted octanol–water partition coefficient (Wildman–Crippen LogP) is -0.558. The van der Waals surface area contributed by atoms with Gasteiger partial charge in [-0.05, 0) is 31.6 Å². The Morgan fingerprint density at radius 3 is 2.53 bits per heavy atom. The Labute approximate surface area is 110 Å². The normalized spacial score (nSPS) is 23.3. The van der Waals surface area contributed by atoms with Crippen LogP contribution in [0.4, 0.5) is 5.82 Å². The van der Waals surface area contributed by atoms with Crippen molar-refractivity contribution in [3.8, 4) is 0 Å². The molecule has 0 unspecified atom stereocenters. The van der Waals surface area contributed by atoms with Gasteiger partial charge >= 0.3 is 5.69 Å². The first-order valence-electron chi connectivity index (χ1n) is 6.55. The Morgan fingerprint density at radius 1 is 1.26 bits per heavy atom. The number of rotatable bonds is 3. The average molecular weight is 268 g/mol. The van der Waals surface area contributed by atoms with Crippen LogP contribution in [0.5, 0.6) is 0 Å². The van der Waals surface area contributed by atoms with Crippen molar-refractivity contribution in [2.24, 2.45) is 20.0 Å². The van der Waals surface area contributed by atoms with Crippen LogP contribution in [-0.4, -0.2) is 32.1 Å². The van der Waals surface area contributed by atoms with Gasteiger partial charge in [0.1, 0.15) is 0 Å². The number of nitrogens with one attached hydrogen (secondary N) is 1. The number of aryl methyl sites for hydroxylation is 1. The van der Waals surface area contributed by atoms with Crippen molar-refractivity contribution < 1.29 is 5.11 Å². The smallest absolute Gasteiger partial charge is 0.346 e. The monoisotopic (exact) mass is 268 g/mol. The average Bonchev–Trinajstić information content (AvgIpc) is 2.41. The summed E-state index contributed by atoms with van der Waals surface area (Å²) in [6, 6.07) is 0. The van der Waals surface area contributed by atoms with Crippen molar-refractivity contribution in [3.05, 3.63) is 20.8 Å². The first-order chi connectivity index (χ1) is 8.99. The van der Waals surface area contributed by atoms with Gasteiger partial charge in [0.05, 0.1) is 6.10 Å². The van der Waals surface area contributed by atoms with Crippen molar-refractivity contribution >= 4 is 5.82 Å². The summed E-state index contributed by atoms with van der Waals surface area (Å²) in [6.07, 6.45) is 3.33. The van der Waals surface area contributed by atoms with Crippen LogP contribution >= 0.6 is 0 Å². The van der Waals surface area contributed by atoms with Crippen LogP contribution in [0.15, 0.2) is 9.59 Å². The van der Waals surface area contributed by atoms with Crippen molar-refractivity contribution in [1.29, 1.82) is 0 Å². The Kier molecular flexibility index (Phi) is 4.04. The highest BCUT2D eigenvalue weighted by atomic mass is 16.3. The minimum atomic E-state index is -0.434. The van der Waals surface area contributed by atoms with Crippen LogP contribution in [0.25, 0.3) is 0 Å². The summed E-state index contributed by atoms with van der Waals surface area (Å²) in [7, 11) is 2.96. The summed E-state index contributed by atoms with van der Waals surface area (Å²) in [5.74, 6) is 0.642. The van der Waals surface area contributed by atoms with Gasteiger partial charge in [-0.3, -0.25) is 9.36 Å². The molecule has 7 heteroatoms. The number of hydrogen-bond acceptors (Lipinski definition) is 5. The van der Waals surface area contributed by atoms with Gasteiger partial charge in [0, 0.05) is 20.6 Å². The molecule has 7 nitrogen and oxygen atoms in total. The second-order valence-corrected chi connectivity index (χ2v) is 5.17. The number of aliphatic hydroxyl groups is 1. The minimum absolute atomic E-state index is 0.181. The van der Waals surface area contributed by atoms with Crippen molar-refractivity contribution in [3.63, 3.8) is 0 Å². The fraction of sp³-hybridized carbons (Fsp3) is 0.750. The topological polar surface area (TPSA) is 89.2 Å². The minimum Gasteiger partial charge on any atom is -0.393 e. The highest BCUT2D eigenvalue weighted by molar-refractivity contribution is 5.29. The first-order valence-corrected chi connectivity index (χ1v) is 6.55. The molecule has 0 amide bonds. The molecule has 1 aromatic rings. The van der Waals surface area contributed by atoms with Crippen molar-refractivity contribution in [2.75, 3.05) is 11.9 Å². The molecule has 1 saturated carbocycles. The molecule has 1 aliphatic carbocycles. The van der Waals surface area contributed by atoms with Crippen LogP contribution in [0.1, 0.15) is 25.7 Å². The zero-order valence-corrected chi connectivity index (χ0v) is 11.3. The number of aromatic nitrogens is 3. The van der Waals surface area contributed by atoms with Crippen LogP contribution < -0.4 is 16.6 Å². The zero-order chi connectivity index (χ0) is 14.0. The summed E-state index contributed by atoms with van der Waals surface area (Å²) in [4.78, 5) is 23.3. The van der Waals surface area contributed by atoms with E-state index in [0.29, 0.717) is 12.5 Å². The number of aliphatic hydroxyl groups excluding tert-OH is 1.